The van der Waals surface area contributed by atoms with Gasteiger partial charge in [0.2, 0.25) is 5.91 Å². The molecule has 5 heteroatoms. The normalized spacial score (nSPS) is 11.3. The molecule has 0 aliphatic carbocycles. The number of carbonyl (C=O) groups is 1. The molecule has 0 radical (unpaired) electrons. The van der Waals surface area contributed by atoms with Crippen LogP contribution < -0.4 is 5.32 Å². The van der Waals surface area contributed by atoms with Crippen molar-refractivity contribution < 1.29 is 9.18 Å². The second-order valence-corrected chi connectivity index (χ2v) is 6.23. The molecule has 22 heavy (non-hydrogen) atoms. The Morgan fingerprint density at radius 1 is 1.23 bits per heavy atom. The Morgan fingerprint density at radius 3 is 2.55 bits per heavy atom. The highest BCUT2D eigenvalue weighted by molar-refractivity contribution is 5.78. The van der Waals surface area contributed by atoms with Crippen molar-refractivity contribution in [2.75, 3.05) is 0 Å². The van der Waals surface area contributed by atoms with Gasteiger partial charge >= 0.3 is 0 Å². The van der Waals surface area contributed by atoms with Crippen LogP contribution in [0.4, 0.5) is 4.39 Å². The number of hydrogen-bond acceptors (Lipinski definition) is 3. The first-order valence-corrected chi connectivity index (χ1v) is 7.17. The summed E-state index contributed by atoms with van der Waals surface area (Å²) in [5.74, 6) is -0.421. The van der Waals surface area contributed by atoms with E-state index in [2.05, 4.69) is 36.1 Å². The third-order valence-corrected chi connectivity index (χ3v) is 3.25. The molecule has 0 spiro atoms. The highest BCUT2D eigenvalue weighted by atomic mass is 19.1. The third kappa shape index (κ3) is 4.35. The molecule has 0 unspecified atom stereocenters. The summed E-state index contributed by atoms with van der Waals surface area (Å²) in [6.07, 6.45) is 3.47. The fourth-order valence-electron chi connectivity index (χ4n) is 2.21. The van der Waals surface area contributed by atoms with Gasteiger partial charge in [0.1, 0.15) is 12.1 Å². The van der Waals surface area contributed by atoms with Gasteiger partial charge in [-0.2, -0.15) is 0 Å². The summed E-state index contributed by atoms with van der Waals surface area (Å²) in [4.78, 5) is 20.3. The molecule has 0 aliphatic rings. The first-order valence-electron chi connectivity index (χ1n) is 7.17. The molecule has 0 saturated heterocycles. The zero-order chi connectivity index (χ0) is 16.2. The SMILES string of the molecule is CC(C)(C)c1ncncc1CNC(=O)Cc1ccc(F)cc1. The van der Waals surface area contributed by atoms with E-state index in [9.17, 15) is 9.18 Å². The molecular formula is C17H20FN3O. The van der Waals surface area contributed by atoms with Gasteiger partial charge in [-0.05, 0) is 17.7 Å². The number of benzene rings is 1. The molecule has 4 nitrogen and oxygen atoms in total. The van der Waals surface area contributed by atoms with Crippen LogP contribution in [0.1, 0.15) is 37.6 Å². The Labute approximate surface area is 129 Å². The van der Waals surface area contributed by atoms with E-state index in [1.807, 2.05) is 0 Å². The van der Waals surface area contributed by atoms with Crippen molar-refractivity contribution in [3.8, 4) is 0 Å². The Kier molecular flexibility index (Phi) is 4.85. The highest BCUT2D eigenvalue weighted by Gasteiger charge is 2.19. The molecule has 0 bridgehead atoms. The topological polar surface area (TPSA) is 54.9 Å². The van der Waals surface area contributed by atoms with Gasteiger partial charge < -0.3 is 5.32 Å². The predicted molar refractivity (Wildman–Crippen MR) is 82.7 cm³/mol. The highest BCUT2D eigenvalue weighted by Crippen LogP contribution is 2.22. The lowest BCUT2D eigenvalue weighted by molar-refractivity contribution is -0.120. The van der Waals surface area contributed by atoms with Gasteiger partial charge in [-0.25, -0.2) is 14.4 Å². The van der Waals surface area contributed by atoms with Crippen LogP contribution in [0.2, 0.25) is 0 Å². The van der Waals surface area contributed by atoms with Gasteiger partial charge in [-0.15, -0.1) is 0 Å². The Balaban J connectivity index is 1.98. The Hall–Kier alpha value is -2.30. The van der Waals surface area contributed by atoms with E-state index in [1.165, 1.54) is 18.5 Å². The molecule has 1 aromatic carbocycles. The number of hydrogen-bond donors (Lipinski definition) is 1. The molecule has 0 fully saturated rings. The maximum absolute atomic E-state index is 12.8. The molecular weight excluding hydrogens is 281 g/mol. The van der Waals surface area contributed by atoms with Crippen LogP contribution in [0.3, 0.4) is 0 Å². The average Bonchev–Trinajstić information content (AvgIpc) is 2.47. The molecule has 0 saturated carbocycles. The number of nitrogens with one attached hydrogen (secondary N) is 1. The molecule has 1 N–H and O–H groups in total. The van der Waals surface area contributed by atoms with Crippen LogP contribution in [0, 0.1) is 5.82 Å². The summed E-state index contributed by atoms with van der Waals surface area (Å²) >= 11 is 0. The second kappa shape index (κ2) is 6.64. The van der Waals surface area contributed by atoms with E-state index in [4.69, 9.17) is 0 Å². The summed E-state index contributed by atoms with van der Waals surface area (Å²) < 4.78 is 12.8. The quantitative estimate of drug-likeness (QED) is 0.944. The molecule has 0 aliphatic heterocycles. The van der Waals surface area contributed by atoms with Crippen LogP contribution in [-0.2, 0) is 23.2 Å². The summed E-state index contributed by atoms with van der Waals surface area (Å²) in [6.45, 7) is 6.59. The maximum Gasteiger partial charge on any atom is 0.224 e. The largest absolute Gasteiger partial charge is 0.352 e. The van der Waals surface area contributed by atoms with Gasteiger partial charge in [0, 0.05) is 23.7 Å². The van der Waals surface area contributed by atoms with Gasteiger partial charge in [0.15, 0.2) is 0 Å². The molecule has 0 atom stereocenters. The molecule has 116 valence electrons. The van der Waals surface area contributed by atoms with Crippen LogP contribution in [0.15, 0.2) is 36.8 Å². The molecule has 1 aromatic heterocycles. The number of rotatable bonds is 4. The van der Waals surface area contributed by atoms with Gasteiger partial charge in [-0.1, -0.05) is 32.9 Å². The lowest BCUT2D eigenvalue weighted by Gasteiger charge is -2.21. The van der Waals surface area contributed by atoms with Crippen LogP contribution in [0.5, 0.6) is 0 Å². The van der Waals surface area contributed by atoms with E-state index in [-0.39, 0.29) is 23.6 Å². The first kappa shape index (κ1) is 16.1. The van der Waals surface area contributed by atoms with Crippen LogP contribution in [0.25, 0.3) is 0 Å². The van der Waals surface area contributed by atoms with Gasteiger partial charge in [-0.3, -0.25) is 4.79 Å². The number of nitrogens with zero attached hydrogens (tertiary/aromatic N) is 2. The minimum absolute atomic E-state index is 0.111. The molecule has 1 heterocycles. The van der Waals surface area contributed by atoms with Crippen molar-refractivity contribution in [2.45, 2.75) is 39.2 Å². The van der Waals surface area contributed by atoms with Crippen molar-refractivity contribution in [3.63, 3.8) is 0 Å². The molecule has 2 aromatic rings. The van der Waals surface area contributed by atoms with E-state index in [1.54, 1.807) is 18.3 Å². The van der Waals surface area contributed by atoms with Gasteiger partial charge in [0.05, 0.1) is 12.1 Å². The zero-order valence-corrected chi connectivity index (χ0v) is 13.1. The molecule has 2 rings (SSSR count). The average molecular weight is 301 g/mol. The van der Waals surface area contributed by atoms with Crippen molar-refractivity contribution in [1.29, 1.82) is 0 Å². The minimum Gasteiger partial charge on any atom is -0.352 e. The number of halogens is 1. The summed E-state index contributed by atoms with van der Waals surface area (Å²) in [5, 5.41) is 2.86. The minimum atomic E-state index is -0.305. The van der Waals surface area contributed by atoms with E-state index in [0.717, 1.165) is 16.8 Å². The maximum atomic E-state index is 12.8. The lowest BCUT2D eigenvalue weighted by atomic mass is 9.89. The number of amides is 1. The number of aromatic nitrogens is 2. The summed E-state index contributed by atoms with van der Waals surface area (Å²) in [5.41, 5.74) is 2.49. The lowest BCUT2D eigenvalue weighted by Crippen LogP contribution is -2.27. The third-order valence-electron chi connectivity index (χ3n) is 3.25. The monoisotopic (exact) mass is 301 g/mol. The van der Waals surface area contributed by atoms with Crippen molar-refractivity contribution in [2.24, 2.45) is 0 Å². The van der Waals surface area contributed by atoms with Crippen molar-refractivity contribution in [1.82, 2.24) is 15.3 Å². The van der Waals surface area contributed by atoms with E-state index < -0.39 is 0 Å². The predicted octanol–water partition coefficient (Wildman–Crippen LogP) is 2.77. The fraction of sp³-hybridized carbons (Fsp3) is 0.353. The Bertz CT molecular complexity index is 648. The smallest absolute Gasteiger partial charge is 0.224 e. The van der Waals surface area contributed by atoms with E-state index in [0.29, 0.717) is 6.54 Å². The second-order valence-electron chi connectivity index (χ2n) is 6.23. The summed E-state index contributed by atoms with van der Waals surface area (Å²) in [6, 6.07) is 5.93. The fourth-order valence-corrected chi connectivity index (χ4v) is 2.21. The standard InChI is InChI=1S/C17H20FN3O/c1-17(2,3)16-13(9-19-11-21-16)10-20-15(22)8-12-4-6-14(18)7-5-12/h4-7,9,11H,8,10H2,1-3H3,(H,20,22). The van der Waals surface area contributed by atoms with Crippen LogP contribution >= 0.6 is 0 Å². The molecule has 1 amide bonds. The Morgan fingerprint density at radius 2 is 1.91 bits per heavy atom. The van der Waals surface area contributed by atoms with Crippen molar-refractivity contribution in [3.05, 3.63) is 59.4 Å². The van der Waals surface area contributed by atoms with Crippen molar-refractivity contribution >= 4 is 5.91 Å². The first-order chi connectivity index (χ1) is 10.4. The zero-order valence-electron chi connectivity index (χ0n) is 13.1. The van der Waals surface area contributed by atoms with E-state index >= 15 is 0 Å². The van der Waals surface area contributed by atoms with Crippen LogP contribution in [-0.4, -0.2) is 15.9 Å². The summed E-state index contributed by atoms with van der Waals surface area (Å²) in [7, 11) is 0. The van der Waals surface area contributed by atoms with Gasteiger partial charge in [0.25, 0.3) is 0 Å². The number of carbonyl (C=O) groups excluding carboxylic acids is 1.